The molecule has 0 saturated heterocycles. The van der Waals surface area contributed by atoms with Crippen molar-refractivity contribution in [2.45, 2.75) is 71.0 Å². The Kier molecular flexibility index (Phi) is 5.38. The Morgan fingerprint density at radius 3 is 2.06 bits per heavy atom. The zero-order valence-corrected chi connectivity index (χ0v) is 12.7. The molecule has 0 aromatic rings. The molecule has 17 heavy (non-hydrogen) atoms. The predicted octanol–water partition coefficient (Wildman–Crippen LogP) is 5.02. The molecule has 0 spiro atoms. The molecular formula is C15H27NS. The third kappa shape index (κ3) is 3.65. The van der Waals surface area contributed by atoms with E-state index in [1.165, 1.54) is 25.7 Å². The van der Waals surface area contributed by atoms with Gasteiger partial charge < -0.3 is 0 Å². The monoisotopic (exact) mass is 253 g/mol. The molecule has 0 unspecified atom stereocenters. The molecule has 0 N–H and O–H groups in total. The van der Waals surface area contributed by atoms with E-state index >= 15 is 0 Å². The van der Waals surface area contributed by atoms with Gasteiger partial charge in [0.25, 0.3) is 0 Å². The highest BCUT2D eigenvalue weighted by atomic mass is 32.2. The van der Waals surface area contributed by atoms with Crippen LogP contribution in [0.5, 0.6) is 0 Å². The zero-order valence-electron chi connectivity index (χ0n) is 11.9. The summed E-state index contributed by atoms with van der Waals surface area (Å²) < 4.78 is -0.0470. The molecule has 0 aromatic carbocycles. The second-order valence-electron chi connectivity index (χ2n) is 6.16. The van der Waals surface area contributed by atoms with E-state index in [0.717, 1.165) is 18.6 Å². The van der Waals surface area contributed by atoms with E-state index < -0.39 is 0 Å². The van der Waals surface area contributed by atoms with E-state index in [0.29, 0.717) is 11.3 Å². The number of nitriles is 1. The lowest BCUT2D eigenvalue weighted by Crippen LogP contribution is -2.49. The largest absolute Gasteiger partial charge is 0.197 e. The average molecular weight is 253 g/mol. The van der Waals surface area contributed by atoms with Crippen LogP contribution in [0.2, 0.25) is 0 Å². The highest BCUT2D eigenvalue weighted by molar-refractivity contribution is 8.00. The fourth-order valence-electron chi connectivity index (χ4n) is 3.24. The van der Waals surface area contributed by atoms with Crippen LogP contribution in [0.3, 0.4) is 0 Å². The van der Waals surface area contributed by atoms with Gasteiger partial charge in [0.15, 0.2) is 0 Å². The Morgan fingerprint density at radius 2 is 1.71 bits per heavy atom. The van der Waals surface area contributed by atoms with Gasteiger partial charge in [-0.3, -0.25) is 0 Å². The molecule has 0 atom stereocenters. The van der Waals surface area contributed by atoms with Gasteiger partial charge in [-0.15, -0.1) is 11.8 Å². The van der Waals surface area contributed by atoms with Gasteiger partial charge in [-0.25, -0.2) is 0 Å². The summed E-state index contributed by atoms with van der Waals surface area (Å²) in [4.78, 5) is 0. The molecule has 1 aliphatic rings. The molecule has 0 aromatic heterocycles. The molecule has 98 valence electrons. The molecule has 0 radical (unpaired) electrons. The van der Waals surface area contributed by atoms with Crippen molar-refractivity contribution in [1.82, 2.24) is 0 Å². The molecule has 1 rings (SSSR count). The van der Waals surface area contributed by atoms with E-state index in [1.807, 2.05) is 11.8 Å². The quantitative estimate of drug-likeness (QED) is 0.636. The summed E-state index contributed by atoms with van der Waals surface area (Å²) in [6.45, 7) is 9.01. The Balaban J connectivity index is 2.56. The van der Waals surface area contributed by atoms with Crippen LogP contribution in [0.15, 0.2) is 0 Å². The normalized spacial score (nSPS) is 20.9. The molecule has 0 heterocycles. The first-order valence-corrected chi connectivity index (χ1v) is 8.05. The summed E-state index contributed by atoms with van der Waals surface area (Å²) in [5.41, 5.74) is 0.503. The fraction of sp³-hybridized carbons (Fsp3) is 0.933. The number of rotatable bonds is 7. The first-order valence-electron chi connectivity index (χ1n) is 7.06. The summed E-state index contributed by atoms with van der Waals surface area (Å²) in [5, 5.41) is 9.45. The highest BCUT2D eigenvalue weighted by Crippen LogP contribution is 2.60. The van der Waals surface area contributed by atoms with Crippen LogP contribution in [0.1, 0.15) is 66.2 Å². The molecule has 0 aliphatic heterocycles. The summed E-state index contributed by atoms with van der Waals surface area (Å²) in [5.74, 6) is 1.82. The van der Waals surface area contributed by atoms with Crippen molar-refractivity contribution in [1.29, 1.82) is 5.26 Å². The summed E-state index contributed by atoms with van der Waals surface area (Å²) in [7, 11) is 0. The topological polar surface area (TPSA) is 23.8 Å². The molecule has 1 fully saturated rings. The maximum atomic E-state index is 9.45. The van der Waals surface area contributed by atoms with Crippen molar-refractivity contribution in [3.05, 3.63) is 0 Å². The smallest absolute Gasteiger partial charge is 0.103 e. The van der Waals surface area contributed by atoms with Crippen LogP contribution in [-0.2, 0) is 0 Å². The molecule has 1 nitrogen and oxygen atoms in total. The first kappa shape index (κ1) is 14.9. The van der Waals surface area contributed by atoms with Gasteiger partial charge in [0, 0.05) is 0 Å². The fourth-order valence-corrected chi connectivity index (χ4v) is 4.77. The lowest BCUT2D eigenvalue weighted by Gasteiger charge is -2.53. The van der Waals surface area contributed by atoms with Crippen molar-refractivity contribution < 1.29 is 0 Å². The SMILES string of the molecule is CCCC1(CCC)CC(C#N)(SCC(C)C)C1. The molecule has 2 heteroatoms. The summed E-state index contributed by atoms with van der Waals surface area (Å²) in [6, 6.07) is 2.60. The second kappa shape index (κ2) is 6.14. The van der Waals surface area contributed by atoms with Gasteiger partial charge in [-0.2, -0.15) is 5.26 Å². The zero-order chi connectivity index (χ0) is 12.9. The van der Waals surface area contributed by atoms with Crippen molar-refractivity contribution in [2.75, 3.05) is 5.75 Å². The van der Waals surface area contributed by atoms with E-state index in [1.54, 1.807) is 0 Å². The van der Waals surface area contributed by atoms with Crippen molar-refractivity contribution in [2.24, 2.45) is 11.3 Å². The molecular weight excluding hydrogens is 226 g/mol. The molecule has 1 aliphatic carbocycles. The molecule has 1 saturated carbocycles. The van der Waals surface area contributed by atoms with Gasteiger partial charge in [-0.1, -0.05) is 40.5 Å². The molecule has 0 bridgehead atoms. The van der Waals surface area contributed by atoms with Gasteiger partial charge in [0.05, 0.1) is 6.07 Å². The third-order valence-electron chi connectivity index (χ3n) is 3.78. The van der Waals surface area contributed by atoms with Gasteiger partial charge >= 0.3 is 0 Å². The number of hydrogen-bond acceptors (Lipinski definition) is 2. The number of hydrogen-bond donors (Lipinski definition) is 0. The van der Waals surface area contributed by atoms with E-state index in [-0.39, 0.29) is 4.75 Å². The lowest BCUT2D eigenvalue weighted by molar-refractivity contribution is 0.0830. The number of thioether (sulfide) groups is 1. The average Bonchev–Trinajstić information content (AvgIpc) is 2.23. The van der Waals surface area contributed by atoms with Crippen molar-refractivity contribution in [3.8, 4) is 6.07 Å². The van der Waals surface area contributed by atoms with Crippen LogP contribution < -0.4 is 0 Å². The summed E-state index contributed by atoms with van der Waals surface area (Å²) >= 11 is 1.91. The Morgan fingerprint density at radius 1 is 1.18 bits per heavy atom. The van der Waals surface area contributed by atoms with Crippen molar-refractivity contribution in [3.63, 3.8) is 0 Å². The van der Waals surface area contributed by atoms with Crippen LogP contribution in [0.25, 0.3) is 0 Å². The van der Waals surface area contributed by atoms with Crippen LogP contribution >= 0.6 is 11.8 Å². The number of nitrogens with zero attached hydrogens (tertiary/aromatic N) is 1. The Labute approximate surface area is 111 Å². The van der Waals surface area contributed by atoms with Crippen LogP contribution in [0, 0.1) is 22.7 Å². The van der Waals surface area contributed by atoms with Gasteiger partial charge in [0.2, 0.25) is 0 Å². The maximum Gasteiger partial charge on any atom is 0.103 e. The van der Waals surface area contributed by atoms with Gasteiger partial charge in [0.1, 0.15) is 4.75 Å². The summed E-state index contributed by atoms with van der Waals surface area (Å²) in [6.07, 6.45) is 7.41. The minimum atomic E-state index is -0.0470. The lowest BCUT2D eigenvalue weighted by atomic mass is 9.58. The van der Waals surface area contributed by atoms with E-state index in [4.69, 9.17) is 0 Å². The maximum absolute atomic E-state index is 9.45. The van der Waals surface area contributed by atoms with E-state index in [9.17, 15) is 5.26 Å². The predicted molar refractivity (Wildman–Crippen MR) is 77.1 cm³/mol. The third-order valence-corrected chi connectivity index (χ3v) is 5.54. The minimum Gasteiger partial charge on any atom is -0.197 e. The standard InChI is InChI=1S/C15H27NS/c1-5-7-14(8-6-2)10-15(11-14,12-16)17-9-13(3)4/h13H,5-11H2,1-4H3. The van der Waals surface area contributed by atoms with Crippen LogP contribution in [-0.4, -0.2) is 10.5 Å². The van der Waals surface area contributed by atoms with Crippen LogP contribution in [0.4, 0.5) is 0 Å². The molecule has 0 amide bonds. The van der Waals surface area contributed by atoms with Gasteiger partial charge in [-0.05, 0) is 42.8 Å². The Hall–Kier alpha value is -0.160. The van der Waals surface area contributed by atoms with E-state index in [2.05, 4.69) is 33.8 Å². The Bertz CT molecular complexity index is 263. The second-order valence-corrected chi connectivity index (χ2v) is 7.57. The highest BCUT2D eigenvalue weighted by Gasteiger charge is 2.53. The van der Waals surface area contributed by atoms with Crippen molar-refractivity contribution >= 4 is 11.8 Å². The first-order chi connectivity index (χ1) is 8.01. The minimum absolute atomic E-state index is 0.0470.